The van der Waals surface area contributed by atoms with E-state index in [4.69, 9.17) is 4.74 Å². The van der Waals surface area contributed by atoms with E-state index in [9.17, 15) is 13.2 Å². The fourth-order valence-corrected chi connectivity index (χ4v) is 4.56. The average molecular weight is 409 g/mol. The van der Waals surface area contributed by atoms with Crippen LogP contribution in [-0.2, 0) is 19.4 Å². The van der Waals surface area contributed by atoms with Crippen molar-refractivity contribution in [3.8, 4) is 0 Å². The highest BCUT2D eigenvalue weighted by Gasteiger charge is 2.27. The van der Waals surface area contributed by atoms with Gasteiger partial charge < -0.3 is 10.1 Å². The third kappa shape index (κ3) is 5.37. The van der Waals surface area contributed by atoms with Crippen LogP contribution in [0.15, 0.2) is 35.4 Å². The van der Waals surface area contributed by atoms with E-state index < -0.39 is 9.84 Å². The maximum Gasteiger partial charge on any atom is 0.233 e. The molecule has 6 nitrogen and oxygen atoms in total. The van der Waals surface area contributed by atoms with Gasteiger partial charge in [-0.3, -0.25) is 4.79 Å². The minimum atomic E-state index is -3.26. The van der Waals surface area contributed by atoms with Gasteiger partial charge in [0.1, 0.15) is 0 Å². The van der Waals surface area contributed by atoms with Crippen molar-refractivity contribution in [3.63, 3.8) is 0 Å². The number of nitrogens with one attached hydrogen (secondary N) is 1. The van der Waals surface area contributed by atoms with Crippen LogP contribution in [0.1, 0.15) is 35.6 Å². The Bertz CT molecular complexity index is 885. The number of amides is 1. The lowest BCUT2D eigenvalue weighted by atomic mass is 9.84. The van der Waals surface area contributed by atoms with Gasteiger partial charge in [0.15, 0.2) is 15.0 Å². The van der Waals surface area contributed by atoms with Crippen molar-refractivity contribution in [1.29, 1.82) is 0 Å². The van der Waals surface area contributed by atoms with E-state index in [1.807, 2.05) is 6.92 Å². The highest BCUT2D eigenvalue weighted by atomic mass is 32.2. The lowest BCUT2D eigenvalue weighted by Gasteiger charge is -2.26. The summed E-state index contributed by atoms with van der Waals surface area (Å²) in [6.07, 6.45) is 5.48. The van der Waals surface area contributed by atoms with Gasteiger partial charge in [-0.1, -0.05) is 12.1 Å². The maximum atomic E-state index is 13.0. The summed E-state index contributed by atoms with van der Waals surface area (Å²) in [6.45, 7) is 3.38. The molecule has 1 unspecified atom stereocenters. The molecule has 1 fully saturated rings. The van der Waals surface area contributed by atoms with Crippen molar-refractivity contribution < 1.29 is 17.9 Å². The van der Waals surface area contributed by atoms with Crippen LogP contribution in [0.3, 0.4) is 0 Å². The Morgan fingerprint density at radius 3 is 2.52 bits per heavy atom. The second kappa shape index (κ2) is 8.50. The van der Waals surface area contributed by atoms with Gasteiger partial charge in [-0.15, -0.1) is 11.3 Å². The number of hydrogen-bond acceptors (Lipinski definition) is 6. The molecule has 1 aromatic heterocycles. The second-order valence-electron chi connectivity index (χ2n) is 6.95. The minimum Gasteiger partial charge on any atom is -0.381 e. The summed E-state index contributed by atoms with van der Waals surface area (Å²) in [5, 5.41) is 3.50. The largest absolute Gasteiger partial charge is 0.381 e. The van der Waals surface area contributed by atoms with Gasteiger partial charge >= 0.3 is 0 Å². The average Bonchev–Trinajstić information content (AvgIpc) is 3.04. The molecule has 146 valence electrons. The fourth-order valence-electron chi connectivity index (χ4n) is 3.26. The number of nitrogens with zero attached hydrogens (tertiary/aromatic N) is 1. The van der Waals surface area contributed by atoms with Crippen molar-refractivity contribution >= 4 is 32.2 Å². The molecule has 3 rings (SSSR count). The van der Waals surface area contributed by atoms with Gasteiger partial charge in [0, 0.05) is 30.5 Å². The summed E-state index contributed by atoms with van der Waals surface area (Å²) in [6, 6.07) is 6.63. The summed E-state index contributed by atoms with van der Waals surface area (Å²) in [5.74, 6) is -0.0593. The number of carbonyl (C=O) groups excluding carboxylic acids is 1. The first-order valence-corrected chi connectivity index (χ1v) is 11.6. The first-order valence-electron chi connectivity index (χ1n) is 8.94. The third-order valence-electron chi connectivity index (χ3n) is 4.79. The summed E-state index contributed by atoms with van der Waals surface area (Å²) in [5.41, 5.74) is 0.819. The maximum absolute atomic E-state index is 13.0. The highest BCUT2D eigenvalue weighted by molar-refractivity contribution is 7.90. The van der Waals surface area contributed by atoms with E-state index in [0.717, 1.165) is 36.5 Å². The minimum absolute atomic E-state index is 0.108. The van der Waals surface area contributed by atoms with E-state index >= 15 is 0 Å². The molecule has 0 spiro atoms. The smallest absolute Gasteiger partial charge is 0.233 e. The van der Waals surface area contributed by atoms with Crippen molar-refractivity contribution in [2.75, 3.05) is 24.8 Å². The molecule has 1 N–H and O–H groups in total. The van der Waals surface area contributed by atoms with E-state index in [1.165, 1.54) is 17.6 Å². The van der Waals surface area contributed by atoms with E-state index in [2.05, 4.69) is 10.3 Å². The first kappa shape index (κ1) is 20.0. The Labute approximate surface area is 163 Å². The number of aryl methyl sites for hydroxylation is 1. The van der Waals surface area contributed by atoms with Gasteiger partial charge in [0.25, 0.3) is 0 Å². The normalized spacial score (nSPS) is 16.8. The molecule has 1 saturated heterocycles. The SMILES string of the molecule is Cc1cnc(NC(=O)C(CC2CCOCC2)c2ccc(S(C)(=O)=O)cc2)s1. The predicted molar refractivity (Wildman–Crippen MR) is 106 cm³/mol. The molecular weight excluding hydrogens is 384 g/mol. The number of thiazole rings is 1. The predicted octanol–water partition coefficient (Wildman–Crippen LogP) is 3.39. The number of ether oxygens (including phenoxy) is 1. The zero-order chi connectivity index (χ0) is 19.4. The van der Waals surface area contributed by atoms with Crippen LogP contribution < -0.4 is 5.32 Å². The molecule has 1 aliphatic rings. The molecule has 27 heavy (non-hydrogen) atoms. The highest BCUT2D eigenvalue weighted by Crippen LogP contribution is 2.31. The van der Waals surface area contributed by atoms with Crippen LogP contribution in [0.5, 0.6) is 0 Å². The Morgan fingerprint density at radius 1 is 1.30 bits per heavy atom. The van der Waals surface area contributed by atoms with E-state index in [0.29, 0.717) is 17.5 Å². The number of anilines is 1. The Kier molecular flexibility index (Phi) is 6.29. The molecule has 1 aliphatic heterocycles. The molecule has 0 aliphatic carbocycles. The molecule has 1 amide bonds. The Balaban J connectivity index is 1.82. The number of aromatic nitrogens is 1. The summed E-state index contributed by atoms with van der Waals surface area (Å²) < 4.78 is 28.8. The van der Waals surface area contributed by atoms with Crippen LogP contribution >= 0.6 is 11.3 Å². The summed E-state index contributed by atoms with van der Waals surface area (Å²) in [7, 11) is -3.26. The van der Waals surface area contributed by atoms with Gasteiger partial charge in [-0.2, -0.15) is 0 Å². The molecular formula is C19H24N2O4S2. The van der Waals surface area contributed by atoms with Gasteiger partial charge in [0.2, 0.25) is 5.91 Å². The zero-order valence-corrected chi connectivity index (χ0v) is 17.1. The molecule has 2 aromatic rings. The van der Waals surface area contributed by atoms with Gasteiger partial charge in [-0.05, 0) is 49.8 Å². The first-order chi connectivity index (χ1) is 12.8. The van der Waals surface area contributed by atoms with E-state index in [1.54, 1.807) is 30.5 Å². The second-order valence-corrected chi connectivity index (χ2v) is 10.2. The van der Waals surface area contributed by atoms with Crippen LogP contribution in [0, 0.1) is 12.8 Å². The number of carbonyl (C=O) groups is 1. The molecule has 8 heteroatoms. The quantitative estimate of drug-likeness (QED) is 0.792. The van der Waals surface area contributed by atoms with Gasteiger partial charge in [-0.25, -0.2) is 13.4 Å². The molecule has 1 atom stereocenters. The monoisotopic (exact) mass is 408 g/mol. The molecule has 1 aromatic carbocycles. The number of benzene rings is 1. The number of sulfone groups is 1. The zero-order valence-electron chi connectivity index (χ0n) is 15.5. The lowest BCUT2D eigenvalue weighted by molar-refractivity contribution is -0.118. The lowest BCUT2D eigenvalue weighted by Crippen LogP contribution is -2.26. The van der Waals surface area contributed by atoms with Crippen molar-refractivity contribution in [1.82, 2.24) is 4.98 Å². The van der Waals surface area contributed by atoms with Gasteiger partial charge in [0.05, 0.1) is 10.8 Å². The molecule has 0 saturated carbocycles. The van der Waals surface area contributed by atoms with Crippen LogP contribution in [0.2, 0.25) is 0 Å². The molecule has 0 radical (unpaired) electrons. The van der Waals surface area contributed by atoms with Crippen LogP contribution in [-0.4, -0.2) is 38.8 Å². The summed E-state index contributed by atoms with van der Waals surface area (Å²) in [4.78, 5) is 18.5. The van der Waals surface area contributed by atoms with Crippen molar-refractivity contribution in [3.05, 3.63) is 40.9 Å². The Morgan fingerprint density at radius 2 is 1.96 bits per heavy atom. The Hall–Kier alpha value is -1.77. The van der Waals surface area contributed by atoms with Crippen LogP contribution in [0.4, 0.5) is 5.13 Å². The van der Waals surface area contributed by atoms with Crippen LogP contribution in [0.25, 0.3) is 0 Å². The summed E-state index contributed by atoms with van der Waals surface area (Å²) >= 11 is 1.44. The molecule has 2 heterocycles. The fraction of sp³-hybridized carbons (Fsp3) is 0.474. The van der Waals surface area contributed by atoms with Crippen molar-refractivity contribution in [2.45, 2.75) is 37.0 Å². The molecule has 0 bridgehead atoms. The number of hydrogen-bond donors (Lipinski definition) is 1. The van der Waals surface area contributed by atoms with E-state index in [-0.39, 0.29) is 16.7 Å². The van der Waals surface area contributed by atoms with Crippen molar-refractivity contribution in [2.24, 2.45) is 5.92 Å². The standard InChI is InChI=1S/C19H24N2O4S2/c1-13-12-20-19(26-13)21-18(22)17(11-14-7-9-25-10-8-14)15-3-5-16(6-4-15)27(2,23)24/h3-6,12,14,17H,7-11H2,1-2H3,(H,20,21,22). The topological polar surface area (TPSA) is 85.4 Å². The third-order valence-corrected chi connectivity index (χ3v) is 6.75. The number of rotatable bonds is 6.